The number of amides is 1. The number of methoxy groups -OCH3 is 1. The summed E-state index contributed by atoms with van der Waals surface area (Å²) in [6.45, 7) is 0.777. The third-order valence-electron chi connectivity index (χ3n) is 3.96. The monoisotopic (exact) mass is 310 g/mol. The Morgan fingerprint density at radius 3 is 3.17 bits per heavy atom. The minimum absolute atomic E-state index is 0.106. The maximum absolute atomic E-state index is 11.8. The van der Waals surface area contributed by atoms with Crippen molar-refractivity contribution in [3.63, 3.8) is 0 Å². The van der Waals surface area contributed by atoms with Gasteiger partial charge in [-0.05, 0) is 52.7 Å². The summed E-state index contributed by atoms with van der Waals surface area (Å²) in [6.07, 6.45) is 4.81. The fourth-order valence-corrected chi connectivity index (χ4v) is 3.53. The van der Waals surface area contributed by atoms with Gasteiger partial charge in [0, 0.05) is 17.2 Å². The molecule has 0 radical (unpaired) electrons. The van der Waals surface area contributed by atoms with Gasteiger partial charge >= 0.3 is 6.09 Å². The van der Waals surface area contributed by atoms with E-state index in [2.05, 4.69) is 27.0 Å². The first-order valence-electron chi connectivity index (χ1n) is 6.19. The molecule has 1 aromatic rings. The van der Waals surface area contributed by atoms with Gasteiger partial charge in [-0.3, -0.25) is 9.88 Å². The second-order valence-corrected chi connectivity index (χ2v) is 5.81. The van der Waals surface area contributed by atoms with E-state index in [1.54, 1.807) is 0 Å². The minimum Gasteiger partial charge on any atom is -0.453 e. The van der Waals surface area contributed by atoms with Crippen LogP contribution in [0.2, 0.25) is 0 Å². The molecule has 2 heterocycles. The highest BCUT2D eigenvalue weighted by Crippen LogP contribution is 2.44. The Morgan fingerprint density at radius 2 is 2.39 bits per heavy atom. The van der Waals surface area contributed by atoms with Crippen LogP contribution in [0.4, 0.5) is 4.79 Å². The molecule has 2 atom stereocenters. The smallest absolute Gasteiger partial charge is 0.410 e. The molecular formula is C13H15BrN2O2. The summed E-state index contributed by atoms with van der Waals surface area (Å²) in [6, 6.07) is 2.22. The van der Waals surface area contributed by atoms with Gasteiger partial charge in [-0.25, -0.2) is 4.79 Å². The summed E-state index contributed by atoms with van der Waals surface area (Å²) in [5.74, 6) is 0.533. The molecule has 96 valence electrons. The van der Waals surface area contributed by atoms with Crippen LogP contribution in [0.15, 0.2) is 16.7 Å². The maximum atomic E-state index is 11.8. The van der Waals surface area contributed by atoms with Gasteiger partial charge in [0.05, 0.1) is 18.8 Å². The van der Waals surface area contributed by atoms with Gasteiger partial charge in [0.1, 0.15) is 0 Å². The average Bonchev–Trinajstić information content (AvgIpc) is 2.81. The molecule has 0 N–H and O–H groups in total. The number of carbonyl (C=O) groups excluding carboxylic acids is 1. The minimum atomic E-state index is -0.236. The number of hydrogen-bond acceptors (Lipinski definition) is 3. The van der Waals surface area contributed by atoms with E-state index in [0.717, 1.165) is 36.0 Å². The van der Waals surface area contributed by atoms with Crippen molar-refractivity contribution in [1.29, 1.82) is 0 Å². The van der Waals surface area contributed by atoms with Crippen LogP contribution in [0.5, 0.6) is 0 Å². The fraction of sp³-hybridized carbons (Fsp3) is 0.538. The first-order valence-corrected chi connectivity index (χ1v) is 6.99. The molecule has 1 fully saturated rings. The molecule has 3 rings (SSSR count). The van der Waals surface area contributed by atoms with Crippen molar-refractivity contribution in [2.75, 3.05) is 13.7 Å². The average molecular weight is 311 g/mol. The topological polar surface area (TPSA) is 42.4 Å². The third kappa shape index (κ3) is 1.81. The van der Waals surface area contributed by atoms with Crippen molar-refractivity contribution >= 4 is 22.0 Å². The molecular weight excluding hydrogens is 296 g/mol. The molecule has 0 aromatic carbocycles. The van der Waals surface area contributed by atoms with E-state index in [-0.39, 0.29) is 12.1 Å². The first-order chi connectivity index (χ1) is 8.70. The molecule has 0 bridgehead atoms. The highest BCUT2D eigenvalue weighted by molar-refractivity contribution is 9.10. The fourth-order valence-electron chi connectivity index (χ4n) is 3.15. The number of aromatic nitrogens is 1. The Kier molecular flexibility index (Phi) is 3.01. The van der Waals surface area contributed by atoms with Crippen LogP contribution in [-0.4, -0.2) is 29.6 Å². The highest BCUT2D eigenvalue weighted by Gasteiger charge is 2.42. The van der Waals surface area contributed by atoms with E-state index in [0.29, 0.717) is 5.92 Å². The molecule has 0 saturated carbocycles. The van der Waals surface area contributed by atoms with Crippen molar-refractivity contribution in [3.8, 4) is 0 Å². The lowest BCUT2D eigenvalue weighted by Gasteiger charge is -2.32. The van der Waals surface area contributed by atoms with Crippen molar-refractivity contribution in [2.45, 2.75) is 25.3 Å². The molecule has 18 heavy (non-hydrogen) atoms. The van der Waals surface area contributed by atoms with Gasteiger partial charge in [0.15, 0.2) is 0 Å². The van der Waals surface area contributed by atoms with E-state index >= 15 is 0 Å². The largest absolute Gasteiger partial charge is 0.453 e. The summed E-state index contributed by atoms with van der Waals surface area (Å²) in [5, 5.41) is 0. The lowest BCUT2D eigenvalue weighted by Crippen LogP contribution is -2.34. The number of rotatable bonds is 0. The molecule has 5 heteroatoms. The van der Waals surface area contributed by atoms with Crippen molar-refractivity contribution in [1.82, 2.24) is 9.88 Å². The van der Waals surface area contributed by atoms with E-state index in [4.69, 9.17) is 4.74 Å². The molecule has 0 spiro atoms. The van der Waals surface area contributed by atoms with Gasteiger partial charge in [-0.1, -0.05) is 0 Å². The van der Waals surface area contributed by atoms with Gasteiger partial charge in [0.25, 0.3) is 0 Å². The first kappa shape index (κ1) is 12.0. The SMILES string of the molecule is COC(=O)N1CCC2CCc3cc(Br)cnc3C21. The van der Waals surface area contributed by atoms with Crippen LogP contribution < -0.4 is 0 Å². The van der Waals surface area contributed by atoms with Gasteiger partial charge in [-0.15, -0.1) is 0 Å². The van der Waals surface area contributed by atoms with Gasteiger partial charge in [-0.2, -0.15) is 0 Å². The molecule has 4 nitrogen and oxygen atoms in total. The zero-order valence-corrected chi connectivity index (χ0v) is 11.8. The summed E-state index contributed by atoms with van der Waals surface area (Å²) in [5.41, 5.74) is 2.30. The summed E-state index contributed by atoms with van der Waals surface area (Å²) in [7, 11) is 1.44. The van der Waals surface area contributed by atoms with Crippen molar-refractivity contribution < 1.29 is 9.53 Å². The number of hydrogen-bond donors (Lipinski definition) is 0. The number of ether oxygens (including phenoxy) is 1. The third-order valence-corrected chi connectivity index (χ3v) is 4.40. The highest BCUT2D eigenvalue weighted by atomic mass is 79.9. The van der Waals surface area contributed by atoms with Crippen LogP contribution in [0.25, 0.3) is 0 Å². The molecule has 1 aromatic heterocycles. The number of aryl methyl sites for hydroxylation is 1. The van der Waals surface area contributed by atoms with Gasteiger partial charge < -0.3 is 4.74 Å². The Morgan fingerprint density at radius 1 is 1.56 bits per heavy atom. The zero-order chi connectivity index (χ0) is 12.7. The number of halogens is 1. The standard InChI is InChI=1S/C13H15BrN2O2/c1-18-13(17)16-5-4-8-2-3-9-6-10(14)7-15-11(9)12(8)16/h6-8,12H,2-5H2,1H3. The van der Waals surface area contributed by atoms with Crippen LogP contribution >= 0.6 is 15.9 Å². The summed E-state index contributed by atoms with van der Waals surface area (Å²) < 4.78 is 5.87. The molecule has 1 aliphatic carbocycles. The number of likely N-dealkylation sites (tertiary alicyclic amines) is 1. The number of carbonyl (C=O) groups is 1. The molecule has 2 aliphatic rings. The predicted molar refractivity (Wildman–Crippen MR) is 70.2 cm³/mol. The quantitative estimate of drug-likeness (QED) is 0.740. The Bertz CT molecular complexity index is 492. The summed E-state index contributed by atoms with van der Waals surface area (Å²) in [4.78, 5) is 18.2. The molecule has 1 saturated heterocycles. The van der Waals surface area contributed by atoms with Crippen molar-refractivity contribution in [3.05, 3.63) is 28.0 Å². The second-order valence-electron chi connectivity index (χ2n) is 4.89. The Labute approximate surface area is 114 Å². The lowest BCUT2D eigenvalue weighted by atomic mass is 9.83. The zero-order valence-electron chi connectivity index (χ0n) is 10.2. The Hall–Kier alpha value is -1.10. The van der Waals surface area contributed by atoms with Crippen LogP contribution in [0, 0.1) is 5.92 Å². The second kappa shape index (κ2) is 4.53. The molecule has 1 amide bonds. The molecule has 2 unspecified atom stereocenters. The number of nitrogens with zero attached hydrogens (tertiary/aromatic N) is 2. The van der Waals surface area contributed by atoms with E-state index in [1.807, 2.05) is 11.1 Å². The van der Waals surface area contributed by atoms with E-state index in [9.17, 15) is 4.79 Å². The van der Waals surface area contributed by atoms with Crippen molar-refractivity contribution in [2.24, 2.45) is 5.92 Å². The van der Waals surface area contributed by atoms with E-state index < -0.39 is 0 Å². The number of pyridine rings is 1. The van der Waals surface area contributed by atoms with Crippen LogP contribution in [0.1, 0.15) is 30.1 Å². The van der Waals surface area contributed by atoms with Gasteiger partial charge in [0.2, 0.25) is 0 Å². The predicted octanol–water partition coefficient (Wildman–Crippen LogP) is 2.92. The van der Waals surface area contributed by atoms with Crippen LogP contribution in [-0.2, 0) is 11.2 Å². The molecule has 1 aliphatic heterocycles. The summed E-state index contributed by atoms with van der Waals surface area (Å²) >= 11 is 3.45. The Balaban J connectivity index is 2.00. The van der Waals surface area contributed by atoms with Crippen LogP contribution in [0.3, 0.4) is 0 Å². The van der Waals surface area contributed by atoms with E-state index in [1.165, 1.54) is 12.7 Å². The normalized spacial score (nSPS) is 25.6. The lowest BCUT2D eigenvalue weighted by molar-refractivity contribution is 0.111. The number of fused-ring (bicyclic) bond motifs is 3. The maximum Gasteiger partial charge on any atom is 0.410 e.